The van der Waals surface area contributed by atoms with Gasteiger partial charge in [0.05, 0.1) is 0 Å². The minimum absolute atomic E-state index is 0.0915. The number of piperazine rings is 1. The van der Waals surface area contributed by atoms with Crippen molar-refractivity contribution in [1.29, 1.82) is 0 Å². The van der Waals surface area contributed by atoms with E-state index in [-0.39, 0.29) is 23.8 Å². The van der Waals surface area contributed by atoms with Crippen molar-refractivity contribution in [2.24, 2.45) is 0 Å². The van der Waals surface area contributed by atoms with E-state index in [1.54, 1.807) is 12.1 Å². The van der Waals surface area contributed by atoms with Gasteiger partial charge in [0.1, 0.15) is 5.82 Å². The SMILES string of the molecule is CC1NCCN(C(=O)c2ccc(I)c(F)c2)C1C. The van der Waals surface area contributed by atoms with Gasteiger partial charge < -0.3 is 10.2 Å². The zero-order valence-corrected chi connectivity index (χ0v) is 12.6. The molecule has 1 saturated heterocycles. The average Bonchev–Trinajstić information content (AvgIpc) is 2.35. The third-order valence-corrected chi connectivity index (χ3v) is 4.34. The van der Waals surface area contributed by atoms with Gasteiger partial charge in [0.2, 0.25) is 0 Å². The lowest BCUT2D eigenvalue weighted by Gasteiger charge is -2.38. The molecule has 2 rings (SSSR count). The van der Waals surface area contributed by atoms with Crippen LogP contribution in [0.4, 0.5) is 4.39 Å². The number of halogens is 2. The van der Waals surface area contributed by atoms with Crippen LogP contribution in [0.3, 0.4) is 0 Å². The van der Waals surface area contributed by atoms with Gasteiger partial charge in [-0.05, 0) is 54.6 Å². The number of carbonyl (C=O) groups excluding carboxylic acids is 1. The highest BCUT2D eigenvalue weighted by molar-refractivity contribution is 14.1. The van der Waals surface area contributed by atoms with Gasteiger partial charge in [0, 0.05) is 34.3 Å². The lowest BCUT2D eigenvalue weighted by atomic mass is 10.1. The van der Waals surface area contributed by atoms with Crippen molar-refractivity contribution >= 4 is 28.5 Å². The van der Waals surface area contributed by atoms with Crippen molar-refractivity contribution < 1.29 is 9.18 Å². The van der Waals surface area contributed by atoms with E-state index in [0.717, 1.165) is 6.54 Å². The number of rotatable bonds is 1. The number of nitrogens with zero attached hydrogens (tertiary/aromatic N) is 1. The van der Waals surface area contributed by atoms with Crippen LogP contribution in [0.5, 0.6) is 0 Å². The summed E-state index contributed by atoms with van der Waals surface area (Å²) in [6.45, 7) is 5.51. The van der Waals surface area contributed by atoms with Gasteiger partial charge in [-0.15, -0.1) is 0 Å². The maximum atomic E-state index is 13.5. The summed E-state index contributed by atoms with van der Waals surface area (Å²) in [6, 6.07) is 5.03. The second-order valence-electron chi connectivity index (χ2n) is 4.61. The summed E-state index contributed by atoms with van der Waals surface area (Å²) < 4.78 is 14.0. The summed E-state index contributed by atoms with van der Waals surface area (Å²) in [5.74, 6) is -0.427. The molecule has 98 valence electrons. The molecule has 2 unspecified atom stereocenters. The summed E-state index contributed by atoms with van der Waals surface area (Å²) in [7, 11) is 0. The third kappa shape index (κ3) is 2.66. The van der Waals surface area contributed by atoms with Gasteiger partial charge in [-0.2, -0.15) is 0 Å². The minimum Gasteiger partial charge on any atom is -0.333 e. The smallest absolute Gasteiger partial charge is 0.254 e. The standard InChI is InChI=1S/C13H16FIN2O/c1-8-9(2)17(6-5-16-8)13(18)10-3-4-12(15)11(14)7-10/h3-4,7-9,16H,5-6H2,1-2H3. The Morgan fingerprint density at radius 3 is 2.89 bits per heavy atom. The molecule has 5 heteroatoms. The number of benzene rings is 1. The molecule has 0 bridgehead atoms. The van der Waals surface area contributed by atoms with E-state index in [0.29, 0.717) is 15.7 Å². The monoisotopic (exact) mass is 362 g/mol. The number of amides is 1. The van der Waals surface area contributed by atoms with Crippen LogP contribution in [-0.4, -0.2) is 36.0 Å². The van der Waals surface area contributed by atoms with Crippen LogP contribution in [-0.2, 0) is 0 Å². The largest absolute Gasteiger partial charge is 0.333 e. The van der Waals surface area contributed by atoms with E-state index >= 15 is 0 Å². The summed E-state index contributed by atoms with van der Waals surface area (Å²) in [4.78, 5) is 14.2. The number of nitrogens with one attached hydrogen (secondary N) is 1. The molecule has 1 N–H and O–H groups in total. The molecule has 1 amide bonds. The van der Waals surface area contributed by atoms with Crippen molar-refractivity contribution in [2.45, 2.75) is 25.9 Å². The quantitative estimate of drug-likeness (QED) is 0.778. The second-order valence-corrected chi connectivity index (χ2v) is 5.77. The van der Waals surface area contributed by atoms with E-state index in [4.69, 9.17) is 0 Å². The summed E-state index contributed by atoms with van der Waals surface area (Å²) in [5.41, 5.74) is 0.425. The lowest BCUT2D eigenvalue weighted by molar-refractivity contribution is 0.0602. The molecule has 1 aliphatic heterocycles. The van der Waals surface area contributed by atoms with E-state index in [9.17, 15) is 9.18 Å². The molecule has 3 nitrogen and oxygen atoms in total. The summed E-state index contributed by atoms with van der Waals surface area (Å²) in [6.07, 6.45) is 0. The van der Waals surface area contributed by atoms with Crippen molar-refractivity contribution in [1.82, 2.24) is 10.2 Å². The van der Waals surface area contributed by atoms with Gasteiger partial charge in [0.15, 0.2) is 0 Å². The average molecular weight is 362 g/mol. The predicted molar refractivity (Wildman–Crippen MR) is 77.1 cm³/mol. The van der Waals surface area contributed by atoms with E-state index in [1.165, 1.54) is 6.07 Å². The molecule has 18 heavy (non-hydrogen) atoms. The first-order valence-corrected chi connectivity index (χ1v) is 7.08. The molecular weight excluding hydrogens is 346 g/mol. The molecule has 1 aromatic rings. The van der Waals surface area contributed by atoms with Crippen LogP contribution >= 0.6 is 22.6 Å². The van der Waals surface area contributed by atoms with Crippen LogP contribution in [0.15, 0.2) is 18.2 Å². The molecule has 1 aliphatic rings. The Kier molecular flexibility index (Phi) is 4.21. The molecule has 1 heterocycles. The molecule has 0 aromatic heterocycles. The molecule has 0 radical (unpaired) electrons. The van der Waals surface area contributed by atoms with Gasteiger partial charge >= 0.3 is 0 Å². The fourth-order valence-corrected chi connectivity index (χ4v) is 2.47. The molecule has 2 atom stereocenters. The molecule has 0 aliphatic carbocycles. The van der Waals surface area contributed by atoms with E-state index < -0.39 is 0 Å². The van der Waals surface area contributed by atoms with Gasteiger partial charge in [-0.1, -0.05) is 0 Å². The maximum Gasteiger partial charge on any atom is 0.254 e. The Hall–Kier alpha value is -0.690. The summed E-state index contributed by atoms with van der Waals surface area (Å²) >= 11 is 1.92. The van der Waals surface area contributed by atoms with Gasteiger partial charge in [-0.25, -0.2) is 4.39 Å². The van der Waals surface area contributed by atoms with Gasteiger partial charge in [0.25, 0.3) is 5.91 Å². The van der Waals surface area contributed by atoms with Crippen LogP contribution in [0.1, 0.15) is 24.2 Å². The lowest BCUT2D eigenvalue weighted by Crippen LogP contribution is -2.57. The fourth-order valence-electron chi connectivity index (χ4n) is 2.14. The highest BCUT2D eigenvalue weighted by Gasteiger charge is 2.28. The van der Waals surface area contributed by atoms with Crippen LogP contribution in [0, 0.1) is 9.39 Å². The molecule has 1 aromatic carbocycles. The van der Waals surface area contributed by atoms with Crippen molar-refractivity contribution in [3.63, 3.8) is 0 Å². The van der Waals surface area contributed by atoms with Crippen LogP contribution < -0.4 is 5.32 Å². The number of hydrogen-bond acceptors (Lipinski definition) is 2. The van der Waals surface area contributed by atoms with Crippen LogP contribution in [0.2, 0.25) is 0 Å². The van der Waals surface area contributed by atoms with Crippen LogP contribution in [0.25, 0.3) is 0 Å². The number of hydrogen-bond donors (Lipinski definition) is 1. The summed E-state index contributed by atoms with van der Waals surface area (Å²) in [5, 5.41) is 3.32. The third-order valence-electron chi connectivity index (χ3n) is 3.46. The van der Waals surface area contributed by atoms with Crippen molar-refractivity contribution in [3.05, 3.63) is 33.1 Å². The Bertz CT molecular complexity index is 466. The first-order valence-electron chi connectivity index (χ1n) is 6.00. The van der Waals surface area contributed by atoms with E-state index in [2.05, 4.69) is 12.2 Å². The molecule has 1 fully saturated rings. The maximum absolute atomic E-state index is 13.5. The van der Waals surface area contributed by atoms with Crippen molar-refractivity contribution in [3.8, 4) is 0 Å². The normalized spacial score (nSPS) is 24.1. The van der Waals surface area contributed by atoms with E-state index in [1.807, 2.05) is 34.4 Å². The first kappa shape index (κ1) is 13.7. The highest BCUT2D eigenvalue weighted by Crippen LogP contribution is 2.17. The highest BCUT2D eigenvalue weighted by atomic mass is 127. The zero-order chi connectivity index (χ0) is 13.3. The Balaban J connectivity index is 2.22. The Morgan fingerprint density at radius 1 is 1.50 bits per heavy atom. The minimum atomic E-state index is -0.336. The fraction of sp³-hybridized carbons (Fsp3) is 0.462. The number of carbonyl (C=O) groups is 1. The molecule has 0 spiro atoms. The molecule has 0 saturated carbocycles. The Morgan fingerprint density at radius 2 is 2.22 bits per heavy atom. The van der Waals surface area contributed by atoms with Crippen molar-refractivity contribution in [2.75, 3.05) is 13.1 Å². The predicted octanol–water partition coefficient (Wildman–Crippen LogP) is 2.25. The zero-order valence-electron chi connectivity index (χ0n) is 10.4. The first-order chi connectivity index (χ1) is 8.50. The topological polar surface area (TPSA) is 32.3 Å². The second kappa shape index (κ2) is 5.52. The Labute approximate surface area is 120 Å². The van der Waals surface area contributed by atoms with Gasteiger partial charge in [-0.3, -0.25) is 4.79 Å². The molecular formula is C13H16FIN2O.